The summed E-state index contributed by atoms with van der Waals surface area (Å²) in [7, 11) is 0. The number of rotatable bonds is 5. The zero-order valence-electron chi connectivity index (χ0n) is 12.3. The third kappa shape index (κ3) is 3.49. The first-order chi connectivity index (χ1) is 10.4. The molecule has 1 atom stereocenters. The Morgan fingerprint density at radius 3 is 2.41 bits per heavy atom. The van der Waals surface area contributed by atoms with Crippen molar-refractivity contribution in [2.75, 3.05) is 0 Å². The summed E-state index contributed by atoms with van der Waals surface area (Å²) in [6.45, 7) is 3.57. The van der Waals surface area contributed by atoms with Crippen LogP contribution in [0.5, 0.6) is 0 Å². The van der Waals surface area contributed by atoms with Crippen LogP contribution in [0, 0.1) is 11.7 Å². The number of halogens is 1. The first-order valence-electron chi connectivity index (χ1n) is 6.80. The number of nitrogens with zero attached hydrogens (tertiary/aromatic N) is 2. The molecule has 1 heterocycles. The van der Waals surface area contributed by atoms with E-state index in [9.17, 15) is 14.0 Å². The van der Waals surface area contributed by atoms with Gasteiger partial charge in [-0.2, -0.15) is 5.10 Å². The number of aromatic nitrogens is 2. The maximum atomic E-state index is 12.9. The van der Waals surface area contributed by atoms with Crippen molar-refractivity contribution in [2.45, 2.75) is 19.9 Å². The molecule has 0 aliphatic heterocycles. The molecule has 1 aromatic carbocycles. The highest BCUT2D eigenvalue weighted by Gasteiger charge is 2.23. The smallest absolute Gasteiger partial charge is 0.272 e. The van der Waals surface area contributed by atoms with Crippen molar-refractivity contribution in [1.29, 1.82) is 0 Å². The van der Waals surface area contributed by atoms with E-state index in [1.807, 2.05) is 0 Å². The lowest BCUT2D eigenvalue weighted by Gasteiger charge is -2.18. The van der Waals surface area contributed by atoms with Crippen molar-refractivity contribution in [3.05, 3.63) is 48.0 Å². The molecular formula is C15H17FN4O2. The van der Waals surface area contributed by atoms with Crippen molar-refractivity contribution >= 4 is 11.8 Å². The molecule has 2 amide bonds. The maximum Gasteiger partial charge on any atom is 0.272 e. The lowest BCUT2D eigenvalue weighted by Crippen LogP contribution is -2.47. The van der Waals surface area contributed by atoms with Gasteiger partial charge in [0, 0.05) is 6.20 Å². The van der Waals surface area contributed by atoms with E-state index in [-0.39, 0.29) is 17.4 Å². The third-order valence-electron chi connectivity index (χ3n) is 3.17. The van der Waals surface area contributed by atoms with Gasteiger partial charge < -0.3 is 11.1 Å². The molecule has 0 radical (unpaired) electrons. The minimum absolute atomic E-state index is 0.124. The molecule has 0 bridgehead atoms. The van der Waals surface area contributed by atoms with Crippen LogP contribution in [0.15, 0.2) is 36.5 Å². The summed E-state index contributed by atoms with van der Waals surface area (Å²) in [5.41, 5.74) is 6.03. The van der Waals surface area contributed by atoms with Crippen molar-refractivity contribution in [2.24, 2.45) is 11.7 Å². The van der Waals surface area contributed by atoms with Crippen molar-refractivity contribution in [3.8, 4) is 5.69 Å². The van der Waals surface area contributed by atoms with Gasteiger partial charge in [0.1, 0.15) is 11.9 Å². The lowest BCUT2D eigenvalue weighted by molar-refractivity contribution is -0.120. The Morgan fingerprint density at radius 2 is 1.86 bits per heavy atom. The van der Waals surface area contributed by atoms with Gasteiger partial charge in [0.25, 0.3) is 5.91 Å². The molecule has 2 aromatic rings. The topological polar surface area (TPSA) is 90.0 Å². The van der Waals surface area contributed by atoms with Crippen molar-refractivity contribution in [1.82, 2.24) is 15.1 Å². The Hall–Kier alpha value is -2.70. The molecule has 2 rings (SSSR count). The quantitative estimate of drug-likeness (QED) is 0.871. The maximum absolute atomic E-state index is 12.9. The number of amides is 2. The SMILES string of the molecule is CC(C)[C@H](NC(=O)c1ccn(-c2ccc(F)cc2)n1)C(N)=O. The zero-order valence-corrected chi connectivity index (χ0v) is 12.3. The fourth-order valence-electron chi connectivity index (χ4n) is 1.96. The first-order valence-corrected chi connectivity index (χ1v) is 6.80. The minimum atomic E-state index is -0.761. The number of benzene rings is 1. The van der Waals surface area contributed by atoms with E-state index < -0.39 is 17.9 Å². The normalized spacial score (nSPS) is 12.2. The Kier molecular flexibility index (Phi) is 4.55. The van der Waals surface area contributed by atoms with Gasteiger partial charge >= 0.3 is 0 Å². The highest BCUT2D eigenvalue weighted by atomic mass is 19.1. The minimum Gasteiger partial charge on any atom is -0.368 e. The summed E-state index contributed by atoms with van der Waals surface area (Å²) >= 11 is 0. The number of nitrogens with two attached hydrogens (primary N) is 1. The van der Waals surface area contributed by atoms with Gasteiger partial charge in [0.15, 0.2) is 5.69 Å². The highest BCUT2D eigenvalue weighted by Crippen LogP contribution is 2.09. The standard InChI is InChI=1S/C15H17FN4O2/c1-9(2)13(14(17)21)18-15(22)12-7-8-20(19-12)11-5-3-10(16)4-6-11/h3-9,13H,1-2H3,(H2,17,21)(H,18,22)/t13-/m0/s1. The Labute approximate surface area is 127 Å². The molecule has 7 heteroatoms. The fraction of sp³-hybridized carbons (Fsp3) is 0.267. The Balaban J connectivity index is 2.15. The van der Waals surface area contributed by atoms with Crippen LogP contribution in [0.3, 0.4) is 0 Å². The number of carbonyl (C=O) groups is 2. The van der Waals surface area contributed by atoms with Crippen LogP contribution in [-0.2, 0) is 4.79 Å². The van der Waals surface area contributed by atoms with Crippen molar-refractivity contribution < 1.29 is 14.0 Å². The van der Waals surface area contributed by atoms with E-state index >= 15 is 0 Å². The first kappa shape index (κ1) is 15.7. The number of nitrogens with one attached hydrogen (secondary N) is 1. The van der Waals surface area contributed by atoms with Gasteiger partial charge in [-0.05, 0) is 36.2 Å². The summed E-state index contributed by atoms with van der Waals surface area (Å²) in [5, 5.41) is 6.67. The molecule has 0 unspecified atom stereocenters. The van der Waals surface area contributed by atoms with Crippen LogP contribution >= 0.6 is 0 Å². The lowest BCUT2D eigenvalue weighted by atomic mass is 10.0. The molecule has 0 aliphatic rings. The van der Waals surface area contributed by atoms with Crippen LogP contribution in [0.1, 0.15) is 24.3 Å². The average molecular weight is 304 g/mol. The molecule has 6 nitrogen and oxygen atoms in total. The summed E-state index contributed by atoms with van der Waals surface area (Å²) < 4.78 is 14.3. The van der Waals surface area contributed by atoms with E-state index in [2.05, 4.69) is 10.4 Å². The largest absolute Gasteiger partial charge is 0.368 e. The second kappa shape index (κ2) is 6.38. The summed E-state index contributed by atoms with van der Waals surface area (Å²) in [6.07, 6.45) is 1.58. The van der Waals surface area contributed by atoms with E-state index in [1.165, 1.54) is 22.9 Å². The molecular weight excluding hydrogens is 287 g/mol. The number of carbonyl (C=O) groups excluding carboxylic acids is 2. The monoisotopic (exact) mass is 304 g/mol. The van der Waals surface area contributed by atoms with Crippen LogP contribution in [0.2, 0.25) is 0 Å². The molecule has 0 fully saturated rings. The third-order valence-corrected chi connectivity index (χ3v) is 3.17. The summed E-state index contributed by atoms with van der Waals surface area (Å²) in [4.78, 5) is 23.4. The molecule has 0 spiro atoms. The predicted molar refractivity (Wildman–Crippen MR) is 78.8 cm³/mol. The van der Waals surface area contributed by atoms with Gasteiger partial charge in [-0.15, -0.1) is 0 Å². The number of primary amides is 1. The molecule has 0 aliphatic carbocycles. The van der Waals surface area contributed by atoms with Gasteiger partial charge in [-0.1, -0.05) is 13.8 Å². The fourth-order valence-corrected chi connectivity index (χ4v) is 1.96. The van der Waals surface area contributed by atoms with Crippen LogP contribution in [0.25, 0.3) is 5.69 Å². The van der Waals surface area contributed by atoms with E-state index in [0.29, 0.717) is 5.69 Å². The van der Waals surface area contributed by atoms with Crippen LogP contribution < -0.4 is 11.1 Å². The number of hydrogen-bond donors (Lipinski definition) is 2. The van der Waals surface area contributed by atoms with Gasteiger partial charge in [0.2, 0.25) is 5.91 Å². The van der Waals surface area contributed by atoms with E-state index in [4.69, 9.17) is 5.73 Å². The Morgan fingerprint density at radius 1 is 1.23 bits per heavy atom. The van der Waals surface area contributed by atoms with Gasteiger partial charge in [-0.25, -0.2) is 9.07 Å². The molecule has 3 N–H and O–H groups in total. The second-order valence-electron chi connectivity index (χ2n) is 5.22. The van der Waals surface area contributed by atoms with Crippen molar-refractivity contribution in [3.63, 3.8) is 0 Å². The van der Waals surface area contributed by atoms with Crippen LogP contribution in [0.4, 0.5) is 4.39 Å². The summed E-state index contributed by atoms with van der Waals surface area (Å²) in [6, 6.07) is 6.45. The number of hydrogen-bond acceptors (Lipinski definition) is 3. The van der Waals surface area contributed by atoms with Crippen LogP contribution in [-0.4, -0.2) is 27.6 Å². The zero-order chi connectivity index (χ0) is 16.3. The average Bonchev–Trinajstić information content (AvgIpc) is 2.94. The molecule has 0 saturated carbocycles. The predicted octanol–water partition coefficient (Wildman–Crippen LogP) is 1.25. The second-order valence-corrected chi connectivity index (χ2v) is 5.22. The van der Waals surface area contributed by atoms with E-state index in [0.717, 1.165) is 0 Å². The van der Waals surface area contributed by atoms with Gasteiger partial charge in [-0.3, -0.25) is 9.59 Å². The van der Waals surface area contributed by atoms with E-state index in [1.54, 1.807) is 32.2 Å². The highest BCUT2D eigenvalue weighted by molar-refractivity contribution is 5.95. The summed E-state index contributed by atoms with van der Waals surface area (Å²) in [5.74, 6) is -1.56. The molecule has 116 valence electrons. The molecule has 22 heavy (non-hydrogen) atoms. The molecule has 1 aromatic heterocycles. The Bertz CT molecular complexity index is 679. The van der Waals surface area contributed by atoms with Gasteiger partial charge in [0.05, 0.1) is 5.69 Å². The molecule has 0 saturated heterocycles.